The number of aromatic nitrogens is 2. The van der Waals surface area contributed by atoms with Crippen LogP contribution in [-0.2, 0) is 4.84 Å². The summed E-state index contributed by atoms with van der Waals surface area (Å²) >= 11 is 0. The van der Waals surface area contributed by atoms with Gasteiger partial charge in [0.15, 0.2) is 6.10 Å². The molecule has 24 heavy (non-hydrogen) atoms. The summed E-state index contributed by atoms with van der Waals surface area (Å²) < 4.78 is 6.15. The molecule has 0 bridgehead atoms. The highest BCUT2D eigenvalue weighted by Crippen LogP contribution is 2.29. The maximum Gasteiger partial charge on any atom is 0.441 e. The van der Waals surface area contributed by atoms with Gasteiger partial charge in [0.1, 0.15) is 0 Å². The quantitative estimate of drug-likeness (QED) is 0.743. The Balaban J connectivity index is 1.54. The molecule has 0 N–H and O–H groups in total. The highest BCUT2D eigenvalue weighted by molar-refractivity contribution is 6.01. The summed E-state index contributed by atoms with van der Waals surface area (Å²) in [6.07, 6.45) is 0.661. The molecule has 0 aliphatic carbocycles. The topological polar surface area (TPSA) is 69.6 Å². The Hall–Kier alpha value is -3.15. The van der Waals surface area contributed by atoms with Gasteiger partial charge in [-0.3, -0.25) is 0 Å². The van der Waals surface area contributed by atoms with Crippen molar-refractivity contribution in [1.29, 1.82) is 0 Å². The lowest BCUT2D eigenvalue weighted by Gasteiger charge is -2.07. The molecule has 0 amide bonds. The van der Waals surface area contributed by atoms with Crippen molar-refractivity contribution >= 4 is 5.71 Å². The number of benzene rings is 2. The number of hydrogen-bond donors (Lipinski definition) is 0. The van der Waals surface area contributed by atoms with Gasteiger partial charge < -0.3 is 9.25 Å². The molecule has 4 rings (SSSR count). The fourth-order valence-corrected chi connectivity index (χ4v) is 2.72. The molecule has 3 aromatic rings. The second kappa shape index (κ2) is 5.81. The fraction of sp³-hybridized carbons (Fsp3) is 0.167. The van der Waals surface area contributed by atoms with Crippen LogP contribution in [0.3, 0.4) is 0 Å². The first kappa shape index (κ1) is 14.4. The monoisotopic (exact) mass is 321 g/mol. The van der Waals surface area contributed by atoms with E-state index in [1.165, 1.54) is 4.68 Å². The summed E-state index contributed by atoms with van der Waals surface area (Å²) in [4.78, 5) is 17.2. The summed E-state index contributed by atoms with van der Waals surface area (Å²) in [5.41, 5.74) is 3.61. The minimum Gasteiger partial charge on any atom is -0.392 e. The van der Waals surface area contributed by atoms with Gasteiger partial charge in [-0.15, -0.1) is 5.10 Å². The first-order valence-corrected chi connectivity index (χ1v) is 7.66. The van der Waals surface area contributed by atoms with Crippen molar-refractivity contribution in [3.05, 3.63) is 82.2 Å². The van der Waals surface area contributed by atoms with Gasteiger partial charge in [0.2, 0.25) is 5.89 Å². The van der Waals surface area contributed by atoms with Crippen molar-refractivity contribution in [2.45, 2.75) is 19.4 Å². The molecule has 6 heteroatoms. The van der Waals surface area contributed by atoms with Crippen molar-refractivity contribution in [3.63, 3.8) is 0 Å². The first-order valence-electron chi connectivity index (χ1n) is 7.66. The summed E-state index contributed by atoms with van der Waals surface area (Å²) in [6, 6.07) is 17.5. The van der Waals surface area contributed by atoms with Gasteiger partial charge >= 0.3 is 5.76 Å². The molecule has 1 aliphatic heterocycles. The van der Waals surface area contributed by atoms with Crippen LogP contribution in [0, 0.1) is 6.92 Å². The molecule has 0 spiro atoms. The summed E-state index contributed by atoms with van der Waals surface area (Å²) in [7, 11) is 0. The van der Waals surface area contributed by atoms with E-state index in [9.17, 15) is 4.79 Å². The normalized spacial score (nSPS) is 16.7. The van der Waals surface area contributed by atoms with E-state index >= 15 is 0 Å². The van der Waals surface area contributed by atoms with Crippen LogP contribution in [0.15, 0.2) is 69.0 Å². The van der Waals surface area contributed by atoms with E-state index < -0.39 is 5.76 Å². The van der Waals surface area contributed by atoms with E-state index in [2.05, 4.69) is 10.3 Å². The second-order valence-electron chi connectivity index (χ2n) is 5.59. The molecule has 1 atom stereocenters. The first-order chi connectivity index (χ1) is 11.7. The van der Waals surface area contributed by atoms with Crippen molar-refractivity contribution in [2.75, 3.05) is 0 Å². The molecular weight excluding hydrogens is 306 g/mol. The van der Waals surface area contributed by atoms with Crippen LogP contribution in [0.4, 0.5) is 0 Å². The van der Waals surface area contributed by atoms with Gasteiger partial charge in [0.05, 0.1) is 11.4 Å². The minimum absolute atomic E-state index is 0.0540. The van der Waals surface area contributed by atoms with E-state index in [4.69, 9.17) is 9.25 Å². The van der Waals surface area contributed by atoms with Crippen molar-refractivity contribution < 1.29 is 9.25 Å². The Kier molecular flexibility index (Phi) is 3.49. The zero-order chi connectivity index (χ0) is 16.5. The summed E-state index contributed by atoms with van der Waals surface area (Å²) in [6.45, 7) is 1.64. The maximum absolute atomic E-state index is 11.7. The number of oxime groups is 1. The Bertz CT molecular complexity index is 940. The highest BCUT2D eigenvalue weighted by atomic mass is 16.6. The predicted octanol–water partition coefficient (Wildman–Crippen LogP) is 3.00. The third kappa shape index (κ3) is 2.62. The Labute approximate surface area is 138 Å². The Morgan fingerprint density at radius 3 is 2.50 bits per heavy atom. The number of hydrogen-bond acceptors (Lipinski definition) is 5. The van der Waals surface area contributed by atoms with Gasteiger partial charge in [-0.2, -0.15) is 4.68 Å². The number of rotatable bonds is 3. The van der Waals surface area contributed by atoms with Crippen LogP contribution in [0.1, 0.15) is 29.5 Å². The van der Waals surface area contributed by atoms with E-state index in [1.54, 1.807) is 6.92 Å². The molecular formula is C18H15N3O3. The molecule has 0 radical (unpaired) electrons. The lowest BCUT2D eigenvalue weighted by Crippen LogP contribution is -2.13. The molecule has 2 heterocycles. The van der Waals surface area contributed by atoms with E-state index in [0.717, 1.165) is 16.8 Å². The van der Waals surface area contributed by atoms with Crippen LogP contribution in [0.2, 0.25) is 0 Å². The van der Waals surface area contributed by atoms with Crippen LogP contribution < -0.4 is 5.76 Å². The highest BCUT2D eigenvalue weighted by Gasteiger charge is 2.23. The number of aryl methyl sites for hydroxylation is 1. The Morgan fingerprint density at radius 1 is 1.08 bits per heavy atom. The zero-order valence-corrected chi connectivity index (χ0v) is 13.0. The van der Waals surface area contributed by atoms with Crippen LogP contribution in [0.5, 0.6) is 0 Å². The summed E-state index contributed by atoms with van der Waals surface area (Å²) in [5.74, 6) is -0.158. The molecule has 120 valence electrons. The van der Waals surface area contributed by atoms with Crippen molar-refractivity contribution in [3.8, 4) is 5.69 Å². The summed E-state index contributed by atoms with van der Waals surface area (Å²) in [5, 5.41) is 8.24. The van der Waals surface area contributed by atoms with E-state index in [0.29, 0.717) is 18.0 Å². The molecule has 0 saturated carbocycles. The van der Waals surface area contributed by atoms with Crippen molar-refractivity contribution in [2.24, 2.45) is 5.16 Å². The largest absolute Gasteiger partial charge is 0.441 e. The zero-order valence-electron chi connectivity index (χ0n) is 13.0. The second-order valence-corrected chi connectivity index (χ2v) is 5.59. The maximum atomic E-state index is 11.7. The smallest absolute Gasteiger partial charge is 0.392 e. The third-order valence-electron chi connectivity index (χ3n) is 3.93. The standard InChI is InChI=1S/C18H15N3O3/c1-12-19-21(18(22)23-12)15-9-7-13(8-10-15)16-11-17(24-20-16)14-5-3-2-4-6-14/h2-10,17H,11H2,1H3. The van der Waals surface area contributed by atoms with Crippen LogP contribution in [0.25, 0.3) is 5.69 Å². The van der Waals surface area contributed by atoms with Gasteiger partial charge in [-0.1, -0.05) is 47.6 Å². The molecule has 1 aromatic heterocycles. The van der Waals surface area contributed by atoms with E-state index in [-0.39, 0.29) is 6.10 Å². The average molecular weight is 321 g/mol. The molecule has 0 fully saturated rings. The van der Waals surface area contributed by atoms with Gasteiger partial charge in [0, 0.05) is 13.3 Å². The SMILES string of the molecule is Cc1nn(-c2ccc(C3=NOC(c4ccccc4)C3)cc2)c(=O)o1. The average Bonchev–Trinajstić information content (AvgIpc) is 3.22. The minimum atomic E-state index is -0.495. The van der Waals surface area contributed by atoms with Crippen LogP contribution in [-0.4, -0.2) is 15.5 Å². The molecule has 2 aromatic carbocycles. The lowest BCUT2D eigenvalue weighted by molar-refractivity contribution is 0.0857. The van der Waals surface area contributed by atoms with Crippen molar-refractivity contribution in [1.82, 2.24) is 9.78 Å². The molecule has 1 unspecified atom stereocenters. The molecule has 1 aliphatic rings. The molecule has 0 saturated heterocycles. The Morgan fingerprint density at radius 2 is 1.83 bits per heavy atom. The predicted molar refractivity (Wildman–Crippen MR) is 88.3 cm³/mol. The van der Waals surface area contributed by atoms with Crippen LogP contribution >= 0.6 is 0 Å². The van der Waals surface area contributed by atoms with Gasteiger partial charge in [-0.05, 0) is 23.3 Å². The fourth-order valence-electron chi connectivity index (χ4n) is 2.72. The van der Waals surface area contributed by atoms with Gasteiger partial charge in [-0.25, -0.2) is 4.79 Å². The van der Waals surface area contributed by atoms with Gasteiger partial charge in [0.25, 0.3) is 0 Å². The lowest BCUT2D eigenvalue weighted by atomic mass is 10.0. The number of nitrogens with zero attached hydrogens (tertiary/aromatic N) is 3. The van der Waals surface area contributed by atoms with E-state index in [1.807, 2.05) is 54.6 Å². The third-order valence-corrected chi connectivity index (χ3v) is 3.93. The molecule has 6 nitrogen and oxygen atoms in total.